The van der Waals surface area contributed by atoms with Crippen molar-refractivity contribution in [2.24, 2.45) is 5.73 Å². The molecule has 0 aliphatic rings. The average Bonchev–Trinajstić information content (AvgIpc) is 2.59. The van der Waals surface area contributed by atoms with Gasteiger partial charge in [-0.1, -0.05) is 12.1 Å². The van der Waals surface area contributed by atoms with Crippen molar-refractivity contribution < 1.29 is 18.7 Å². The number of halogens is 2. The molecule has 0 heterocycles. The van der Waals surface area contributed by atoms with Crippen molar-refractivity contribution in [1.29, 1.82) is 5.26 Å². The van der Waals surface area contributed by atoms with Crippen LogP contribution in [0.4, 0.5) is 4.39 Å². The molecule has 134 valence electrons. The van der Waals surface area contributed by atoms with Gasteiger partial charge in [0.15, 0.2) is 11.5 Å². The quantitative estimate of drug-likeness (QED) is 0.382. The van der Waals surface area contributed by atoms with Gasteiger partial charge in [0.25, 0.3) is 5.91 Å². The van der Waals surface area contributed by atoms with E-state index in [-0.39, 0.29) is 18.0 Å². The van der Waals surface area contributed by atoms with Crippen LogP contribution in [0.25, 0.3) is 6.08 Å². The minimum atomic E-state index is -0.799. The highest BCUT2D eigenvalue weighted by Gasteiger charge is 2.13. The molecule has 0 fully saturated rings. The number of rotatable bonds is 7. The van der Waals surface area contributed by atoms with E-state index in [4.69, 9.17) is 20.5 Å². The molecule has 2 N–H and O–H groups in total. The summed E-state index contributed by atoms with van der Waals surface area (Å²) in [6.07, 6.45) is 1.39. The molecule has 5 nitrogen and oxygen atoms in total. The maximum atomic E-state index is 13.3. The maximum absolute atomic E-state index is 13.3. The molecule has 0 aliphatic carbocycles. The van der Waals surface area contributed by atoms with Crippen molar-refractivity contribution in [3.8, 4) is 17.6 Å². The van der Waals surface area contributed by atoms with E-state index in [1.54, 1.807) is 30.3 Å². The maximum Gasteiger partial charge on any atom is 0.259 e. The number of hydrogen-bond acceptors (Lipinski definition) is 4. The Hall–Kier alpha value is -2.60. The molecule has 0 bridgehead atoms. The molecule has 0 spiro atoms. The predicted molar refractivity (Wildman–Crippen MR) is 104 cm³/mol. The van der Waals surface area contributed by atoms with E-state index in [1.165, 1.54) is 18.2 Å². The molecule has 26 heavy (non-hydrogen) atoms. The summed E-state index contributed by atoms with van der Waals surface area (Å²) < 4.78 is 25.4. The predicted octanol–water partition coefficient (Wildman–Crippen LogP) is 3.80. The Morgan fingerprint density at radius 2 is 2.12 bits per heavy atom. The van der Waals surface area contributed by atoms with E-state index in [9.17, 15) is 9.18 Å². The Labute approximate surface area is 164 Å². The standard InChI is InChI=1S/C19H16FIN2O3/c1-2-25-17-9-13(6-14(10-22)19(23)24)8-16(21)18(17)26-11-12-4-3-5-15(20)7-12/h3-9H,2,11H2,1H3,(H2,23,24)/b14-6+. The molecule has 0 unspecified atom stereocenters. The highest BCUT2D eigenvalue weighted by Crippen LogP contribution is 2.35. The Bertz CT molecular complexity index is 891. The molecule has 2 aromatic carbocycles. The summed E-state index contributed by atoms with van der Waals surface area (Å²) in [4.78, 5) is 11.2. The SMILES string of the molecule is CCOc1cc(/C=C(\C#N)C(N)=O)cc(I)c1OCc1cccc(F)c1. The zero-order valence-electron chi connectivity index (χ0n) is 14.0. The Morgan fingerprint density at radius 1 is 1.35 bits per heavy atom. The number of ether oxygens (including phenoxy) is 2. The van der Waals surface area contributed by atoms with Crippen molar-refractivity contribution in [2.75, 3.05) is 6.61 Å². The second kappa shape index (κ2) is 9.20. The van der Waals surface area contributed by atoms with Crippen LogP contribution in [0.5, 0.6) is 11.5 Å². The fourth-order valence-corrected chi connectivity index (χ4v) is 2.96. The van der Waals surface area contributed by atoms with E-state index >= 15 is 0 Å². The first-order valence-corrected chi connectivity index (χ1v) is 8.77. The van der Waals surface area contributed by atoms with Crippen molar-refractivity contribution in [3.05, 3.63) is 62.5 Å². The molecule has 7 heteroatoms. The molecule has 0 saturated carbocycles. The van der Waals surface area contributed by atoms with Gasteiger partial charge in [-0.3, -0.25) is 4.79 Å². The van der Waals surface area contributed by atoms with Gasteiger partial charge in [0, 0.05) is 0 Å². The third-order valence-corrected chi connectivity index (χ3v) is 4.10. The van der Waals surface area contributed by atoms with E-state index in [0.29, 0.717) is 29.2 Å². The monoisotopic (exact) mass is 466 g/mol. The molecule has 2 rings (SSSR count). The van der Waals surface area contributed by atoms with Crippen molar-refractivity contribution in [3.63, 3.8) is 0 Å². The Morgan fingerprint density at radius 3 is 2.73 bits per heavy atom. The van der Waals surface area contributed by atoms with Crippen LogP contribution >= 0.6 is 22.6 Å². The number of nitrogens with two attached hydrogens (primary N) is 1. The van der Waals surface area contributed by atoms with Crippen LogP contribution in [0.15, 0.2) is 42.0 Å². The summed E-state index contributed by atoms with van der Waals surface area (Å²) in [5.41, 5.74) is 6.29. The van der Waals surface area contributed by atoms with Crippen LogP contribution in [-0.2, 0) is 11.4 Å². The fourth-order valence-electron chi connectivity index (χ4n) is 2.18. The summed E-state index contributed by atoms with van der Waals surface area (Å²) in [6, 6.07) is 11.3. The van der Waals surface area contributed by atoms with E-state index in [2.05, 4.69) is 22.6 Å². The van der Waals surface area contributed by atoms with Gasteiger partial charge in [-0.2, -0.15) is 5.26 Å². The fraction of sp³-hybridized carbons (Fsp3) is 0.158. The van der Waals surface area contributed by atoms with Gasteiger partial charge in [-0.15, -0.1) is 0 Å². The molecular formula is C19H16FIN2O3. The van der Waals surface area contributed by atoms with Crippen molar-refractivity contribution in [1.82, 2.24) is 0 Å². The zero-order chi connectivity index (χ0) is 19.1. The average molecular weight is 466 g/mol. The van der Waals surface area contributed by atoms with E-state index in [0.717, 1.165) is 3.57 Å². The number of primary amides is 1. The van der Waals surface area contributed by atoms with Gasteiger partial charge in [0.1, 0.15) is 24.1 Å². The highest BCUT2D eigenvalue weighted by molar-refractivity contribution is 14.1. The number of carbonyl (C=O) groups excluding carboxylic acids is 1. The van der Waals surface area contributed by atoms with Gasteiger partial charge in [0.2, 0.25) is 0 Å². The smallest absolute Gasteiger partial charge is 0.259 e. The minimum Gasteiger partial charge on any atom is -0.490 e. The van der Waals surface area contributed by atoms with E-state index in [1.807, 2.05) is 6.92 Å². The number of hydrogen-bond donors (Lipinski definition) is 1. The van der Waals surface area contributed by atoms with Gasteiger partial charge in [0.05, 0.1) is 10.2 Å². The van der Waals surface area contributed by atoms with Crippen molar-refractivity contribution in [2.45, 2.75) is 13.5 Å². The van der Waals surface area contributed by atoms with Crippen LogP contribution in [0.3, 0.4) is 0 Å². The summed E-state index contributed by atoms with van der Waals surface area (Å²) in [7, 11) is 0. The molecule has 0 radical (unpaired) electrons. The lowest BCUT2D eigenvalue weighted by Gasteiger charge is -2.15. The first-order valence-electron chi connectivity index (χ1n) is 7.69. The molecule has 2 aromatic rings. The topological polar surface area (TPSA) is 85.3 Å². The van der Waals surface area contributed by atoms with Crippen molar-refractivity contribution >= 4 is 34.6 Å². The third-order valence-electron chi connectivity index (χ3n) is 3.30. The van der Waals surface area contributed by atoms with Crippen LogP contribution in [0, 0.1) is 20.7 Å². The lowest BCUT2D eigenvalue weighted by molar-refractivity contribution is -0.114. The molecule has 0 aromatic heterocycles. The second-order valence-corrected chi connectivity index (χ2v) is 6.38. The number of carbonyl (C=O) groups is 1. The number of nitrogens with zero attached hydrogens (tertiary/aromatic N) is 1. The summed E-state index contributed by atoms with van der Waals surface area (Å²) >= 11 is 2.07. The molecular weight excluding hydrogens is 450 g/mol. The summed E-state index contributed by atoms with van der Waals surface area (Å²) in [5, 5.41) is 8.98. The molecule has 0 aliphatic heterocycles. The summed E-state index contributed by atoms with van der Waals surface area (Å²) in [5.74, 6) is -0.163. The lowest BCUT2D eigenvalue weighted by Crippen LogP contribution is -2.12. The first kappa shape index (κ1) is 19.7. The minimum absolute atomic E-state index is 0.156. The zero-order valence-corrected chi connectivity index (χ0v) is 16.1. The van der Waals surface area contributed by atoms with Crippen LogP contribution in [0.2, 0.25) is 0 Å². The van der Waals surface area contributed by atoms with Gasteiger partial charge in [-0.25, -0.2) is 4.39 Å². The normalized spacial score (nSPS) is 10.9. The van der Waals surface area contributed by atoms with Gasteiger partial charge >= 0.3 is 0 Å². The third kappa shape index (κ3) is 5.20. The summed E-state index contributed by atoms with van der Waals surface area (Å²) in [6.45, 7) is 2.41. The Kier molecular flexibility index (Phi) is 6.97. The van der Waals surface area contributed by atoms with Gasteiger partial charge < -0.3 is 15.2 Å². The first-order chi connectivity index (χ1) is 12.4. The van der Waals surface area contributed by atoms with Crippen LogP contribution < -0.4 is 15.2 Å². The largest absolute Gasteiger partial charge is 0.490 e. The van der Waals surface area contributed by atoms with Crippen LogP contribution in [-0.4, -0.2) is 12.5 Å². The Balaban J connectivity index is 2.34. The number of amides is 1. The highest BCUT2D eigenvalue weighted by atomic mass is 127. The molecule has 0 saturated heterocycles. The second-order valence-electron chi connectivity index (χ2n) is 5.22. The van der Waals surface area contributed by atoms with Crippen LogP contribution in [0.1, 0.15) is 18.1 Å². The molecule has 1 amide bonds. The molecule has 0 atom stereocenters. The van der Waals surface area contributed by atoms with E-state index < -0.39 is 5.91 Å². The number of benzene rings is 2. The number of nitriles is 1. The lowest BCUT2D eigenvalue weighted by atomic mass is 10.1. The van der Waals surface area contributed by atoms with Gasteiger partial charge in [-0.05, 0) is 71.0 Å².